The van der Waals surface area contributed by atoms with Gasteiger partial charge in [0.25, 0.3) is 0 Å². The van der Waals surface area contributed by atoms with Gasteiger partial charge in [0.15, 0.2) is 0 Å². The molecule has 0 saturated heterocycles. The molecule has 2 amide bonds. The number of anilines is 1. The molecular weight excluding hydrogens is 953 g/mol. The third kappa shape index (κ3) is 11.7. The number of aliphatic hydroxyl groups is 2. The third-order valence-electron chi connectivity index (χ3n) is 23.9. The molecule has 8 nitrogen and oxygen atoms in total. The summed E-state index contributed by atoms with van der Waals surface area (Å²) in [5.74, 6) is 6.85. The molecule has 0 spiro atoms. The van der Waals surface area contributed by atoms with Crippen LogP contribution in [0.4, 0.5) is 15.3 Å². The lowest BCUT2D eigenvalue weighted by Gasteiger charge is -2.61. The van der Waals surface area contributed by atoms with Crippen molar-refractivity contribution in [1.82, 2.24) is 4.90 Å². The first-order chi connectivity index (χ1) is 36.4. The Labute approximate surface area is 466 Å². The molecule has 3 N–H and O–H groups in total. The van der Waals surface area contributed by atoms with Gasteiger partial charge < -0.3 is 24.6 Å². The van der Waals surface area contributed by atoms with E-state index in [2.05, 4.69) is 95.4 Å². The van der Waals surface area contributed by atoms with Gasteiger partial charge >= 0.3 is 12.2 Å². The molecular formula is C69H102N2O6. The average molecular weight is 1060 g/mol. The molecule has 424 valence electrons. The Morgan fingerprint density at radius 3 is 1.40 bits per heavy atom. The summed E-state index contributed by atoms with van der Waals surface area (Å²) in [7, 11) is 3.54. The number of benzene rings is 3. The zero-order valence-corrected chi connectivity index (χ0v) is 48.1. The van der Waals surface area contributed by atoms with Crippen LogP contribution in [0.15, 0.2) is 78.9 Å². The van der Waals surface area contributed by atoms with Crippen molar-refractivity contribution in [2.45, 2.75) is 215 Å². The normalized spacial score (nSPS) is 38.4. The van der Waals surface area contributed by atoms with Gasteiger partial charge in [-0.05, 0) is 259 Å². The highest BCUT2D eigenvalue weighted by Crippen LogP contribution is 2.70. The van der Waals surface area contributed by atoms with E-state index in [1.165, 1.54) is 106 Å². The predicted molar refractivity (Wildman–Crippen MR) is 312 cm³/mol. The number of aliphatic hydroxyl groups excluding tert-OH is 2. The van der Waals surface area contributed by atoms with Crippen LogP contribution in [0.1, 0.15) is 186 Å². The Balaban J connectivity index is 0.000000186. The quantitative estimate of drug-likeness (QED) is 0.177. The number of carbonyl (C=O) groups excluding carboxylic acids is 2. The van der Waals surface area contributed by atoms with E-state index in [9.17, 15) is 19.8 Å². The zero-order valence-electron chi connectivity index (χ0n) is 48.1. The summed E-state index contributed by atoms with van der Waals surface area (Å²) in [6.45, 7) is 14.5. The lowest BCUT2D eigenvalue weighted by molar-refractivity contribution is -0.134. The molecule has 8 heteroatoms. The summed E-state index contributed by atoms with van der Waals surface area (Å²) in [5, 5.41) is 25.7. The van der Waals surface area contributed by atoms with Gasteiger partial charge in [-0.2, -0.15) is 0 Å². The molecule has 0 aliphatic heterocycles. The number of carbonyl (C=O) groups is 2. The maximum absolute atomic E-state index is 12.6. The van der Waals surface area contributed by atoms with Crippen LogP contribution in [0.5, 0.6) is 0 Å². The van der Waals surface area contributed by atoms with E-state index >= 15 is 0 Å². The molecule has 11 rings (SSSR count). The van der Waals surface area contributed by atoms with Crippen LogP contribution >= 0.6 is 0 Å². The van der Waals surface area contributed by atoms with Gasteiger partial charge in [-0.1, -0.05) is 113 Å². The second kappa shape index (κ2) is 23.7. The summed E-state index contributed by atoms with van der Waals surface area (Å²) in [5.41, 5.74) is 7.36. The lowest BCUT2D eigenvalue weighted by Crippen LogP contribution is -2.54. The van der Waals surface area contributed by atoms with Crippen molar-refractivity contribution in [3.63, 3.8) is 0 Å². The summed E-state index contributed by atoms with van der Waals surface area (Å²) < 4.78 is 11.8. The second-order valence-corrected chi connectivity index (χ2v) is 27.9. The number of nitrogens with zero attached hydrogens (tertiary/aromatic N) is 1. The van der Waals surface area contributed by atoms with Crippen molar-refractivity contribution in [3.8, 4) is 0 Å². The molecule has 0 bridgehead atoms. The fraction of sp³-hybridized carbons (Fsp3) is 0.710. The van der Waals surface area contributed by atoms with Gasteiger partial charge in [0.05, 0.1) is 12.2 Å². The van der Waals surface area contributed by atoms with Gasteiger partial charge in [-0.15, -0.1) is 0 Å². The molecule has 0 aromatic heterocycles. The lowest BCUT2D eigenvalue weighted by atomic mass is 9.44. The van der Waals surface area contributed by atoms with E-state index < -0.39 is 0 Å². The Morgan fingerprint density at radius 1 is 0.545 bits per heavy atom. The van der Waals surface area contributed by atoms with Crippen LogP contribution in [0.25, 0.3) is 0 Å². The van der Waals surface area contributed by atoms with Crippen LogP contribution in [0, 0.1) is 94.7 Å². The SMILES string of the molecule is C.Cc1ccc(CC[C@@H](O)[C@H]2CC[C@H]3[C@@H]4CC[C@H]5C[C@@H](OC(=O)N(C)C)CC[C@]5(C)[C@H]4CC[C@]23C)cc1.Cc1ccc(CC[C@@H](O)[C@H]2CC[C@H]3[C@@H]4CC[C@H]5C[C@@H](OC(=O)Nc6ccccc6)CC[C@]5(C)[C@H]4CC[C@]23C)cc1. The maximum Gasteiger partial charge on any atom is 0.411 e. The molecule has 8 aliphatic rings. The van der Waals surface area contributed by atoms with Crippen molar-refractivity contribution in [3.05, 3.63) is 101 Å². The van der Waals surface area contributed by atoms with E-state index in [1.54, 1.807) is 19.0 Å². The zero-order chi connectivity index (χ0) is 53.6. The van der Waals surface area contributed by atoms with E-state index in [0.29, 0.717) is 34.5 Å². The number of amides is 2. The van der Waals surface area contributed by atoms with E-state index in [4.69, 9.17) is 9.47 Å². The molecule has 0 radical (unpaired) electrons. The largest absolute Gasteiger partial charge is 0.446 e. The number of nitrogens with one attached hydrogen (secondary N) is 1. The summed E-state index contributed by atoms with van der Waals surface area (Å²) in [6, 6.07) is 27.2. The first-order valence-corrected chi connectivity index (χ1v) is 30.8. The Morgan fingerprint density at radius 2 is 0.961 bits per heavy atom. The summed E-state index contributed by atoms with van der Waals surface area (Å²) >= 11 is 0. The summed E-state index contributed by atoms with van der Waals surface area (Å²) in [4.78, 5) is 26.3. The highest BCUT2D eigenvalue weighted by atomic mass is 16.6. The van der Waals surface area contributed by atoms with Crippen molar-refractivity contribution < 1.29 is 29.3 Å². The first kappa shape index (κ1) is 57.8. The van der Waals surface area contributed by atoms with Crippen LogP contribution in [-0.4, -0.2) is 65.8 Å². The molecule has 8 fully saturated rings. The molecule has 3 aromatic carbocycles. The molecule has 0 heterocycles. The van der Waals surface area contributed by atoms with Crippen molar-refractivity contribution in [2.75, 3.05) is 19.4 Å². The standard InChI is InChI=1S/C36H49NO3.C32H49NO3.CH4/c1-24-9-11-25(12-10-24)13-18-33(38)32-17-16-30-29-15-14-26-23-28(40-34(39)37-27-7-5-4-6-8-27)19-21-35(26,2)31(29)20-22-36(30,32)3;1-21-6-8-22(9-7-21)10-15-29(34)28-14-13-26-25-12-11-23-20-24(36-30(35)33(4)5)16-18-31(23,2)27(25)17-19-32(26,28)3;/h4-12,26,28-33,38H,13-23H2,1-3H3,(H,37,39);6-9,23-29,34H,10-20H2,1-5H3;1H4/t26-,28-,29-,30-,31-,32+,33+,35-,36-;23-,24-,25-,26-,27-,28+,29+,31-,32-;/m00./s1. The highest BCUT2D eigenvalue weighted by Gasteiger charge is 2.63. The predicted octanol–water partition coefficient (Wildman–Crippen LogP) is 16.2. The van der Waals surface area contributed by atoms with Crippen molar-refractivity contribution in [2.24, 2.45) is 80.8 Å². The van der Waals surface area contributed by atoms with E-state index in [0.717, 1.165) is 99.0 Å². The Kier molecular flexibility index (Phi) is 17.8. The molecule has 0 unspecified atom stereocenters. The van der Waals surface area contributed by atoms with Crippen molar-refractivity contribution >= 4 is 17.9 Å². The molecule has 8 aliphatic carbocycles. The van der Waals surface area contributed by atoms with E-state index in [1.807, 2.05) is 30.3 Å². The van der Waals surface area contributed by atoms with Gasteiger partial charge in [0.2, 0.25) is 0 Å². The van der Waals surface area contributed by atoms with Gasteiger partial charge in [-0.25, -0.2) is 9.59 Å². The minimum Gasteiger partial charge on any atom is -0.446 e. The third-order valence-corrected chi connectivity index (χ3v) is 23.9. The number of rotatable bonds is 11. The molecule has 18 atom stereocenters. The smallest absolute Gasteiger partial charge is 0.411 e. The highest BCUT2D eigenvalue weighted by molar-refractivity contribution is 5.84. The van der Waals surface area contributed by atoms with Crippen LogP contribution in [0.2, 0.25) is 0 Å². The van der Waals surface area contributed by atoms with Crippen LogP contribution in [-0.2, 0) is 22.3 Å². The number of hydrogen-bond acceptors (Lipinski definition) is 6. The maximum atomic E-state index is 12.6. The van der Waals surface area contributed by atoms with Crippen molar-refractivity contribution in [1.29, 1.82) is 0 Å². The molecule has 77 heavy (non-hydrogen) atoms. The average Bonchev–Trinajstić information content (AvgIpc) is 4.22. The van der Waals surface area contributed by atoms with Crippen LogP contribution < -0.4 is 5.32 Å². The van der Waals surface area contributed by atoms with Crippen LogP contribution in [0.3, 0.4) is 0 Å². The topological polar surface area (TPSA) is 108 Å². The Hall–Kier alpha value is -3.88. The fourth-order valence-corrected chi connectivity index (χ4v) is 19.6. The van der Waals surface area contributed by atoms with Gasteiger partial charge in [0, 0.05) is 19.8 Å². The molecule has 3 aromatic rings. The number of hydrogen-bond donors (Lipinski definition) is 3. The van der Waals surface area contributed by atoms with E-state index in [-0.39, 0.29) is 54.9 Å². The summed E-state index contributed by atoms with van der Waals surface area (Å²) in [6.07, 6.45) is 24.6. The minimum absolute atomic E-state index is 0. The number of aryl methyl sites for hydroxylation is 4. The number of fused-ring (bicyclic) bond motifs is 10. The first-order valence-electron chi connectivity index (χ1n) is 30.8. The van der Waals surface area contributed by atoms with Gasteiger partial charge in [0.1, 0.15) is 12.2 Å². The fourth-order valence-electron chi connectivity index (χ4n) is 19.6. The minimum atomic E-state index is -0.320. The Bertz CT molecular complexity index is 2430. The molecule has 8 saturated carbocycles. The number of ether oxygens (including phenoxy) is 2. The number of para-hydroxylation sites is 1. The van der Waals surface area contributed by atoms with Gasteiger partial charge in [-0.3, -0.25) is 5.32 Å². The monoisotopic (exact) mass is 1050 g/mol. The second-order valence-electron chi connectivity index (χ2n) is 27.9.